The third kappa shape index (κ3) is 4.74. The fraction of sp³-hybridized carbons (Fsp3) is 0.647. The van der Waals surface area contributed by atoms with Gasteiger partial charge in [-0.2, -0.15) is 17.9 Å². The largest absolute Gasteiger partial charge is 0.417 e. The van der Waals surface area contributed by atoms with Gasteiger partial charge in [-0.05, 0) is 70.8 Å². The monoisotopic (exact) mass is 470 g/mol. The first kappa shape index (κ1) is 23.3. The summed E-state index contributed by atoms with van der Waals surface area (Å²) in [4.78, 5) is 0.216. The number of hydrogen-bond acceptors (Lipinski definition) is 6. The van der Waals surface area contributed by atoms with Crippen LogP contribution in [0.5, 0.6) is 0 Å². The van der Waals surface area contributed by atoms with E-state index in [9.17, 15) is 30.0 Å². The summed E-state index contributed by atoms with van der Waals surface area (Å²) in [6.45, 7) is 0.894. The first-order valence-electron chi connectivity index (χ1n) is 9.38. The highest BCUT2D eigenvalue weighted by atomic mass is 32.2. The smallest absolute Gasteiger partial charge is 0.365 e. The third-order valence-corrected chi connectivity index (χ3v) is 8.16. The van der Waals surface area contributed by atoms with Crippen LogP contribution in [0, 0.1) is 5.92 Å². The Balaban J connectivity index is 1.97. The summed E-state index contributed by atoms with van der Waals surface area (Å²) >= 11 is 0. The summed E-state index contributed by atoms with van der Waals surface area (Å²) in [5.74, 6) is 0.390. The molecule has 1 spiro atoms. The van der Waals surface area contributed by atoms with E-state index in [1.807, 2.05) is 14.1 Å². The van der Waals surface area contributed by atoms with Gasteiger partial charge in [0.15, 0.2) is 0 Å². The van der Waals surface area contributed by atoms with E-state index in [4.69, 9.17) is 5.14 Å². The van der Waals surface area contributed by atoms with Gasteiger partial charge in [0.05, 0.1) is 16.1 Å². The van der Waals surface area contributed by atoms with E-state index in [2.05, 4.69) is 14.9 Å². The Bertz CT molecular complexity index is 1030. The molecule has 4 N–H and O–H groups in total. The van der Waals surface area contributed by atoms with Gasteiger partial charge in [-0.25, -0.2) is 22.0 Å². The summed E-state index contributed by atoms with van der Waals surface area (Å²) < 4.78 is 91.9. The Morgan fingerprint density at radius 2 is 1.83 bits per heavy atom. The summed E-state index contributed by atoms with van der Waals surface area (Å²) in [5, 5.41) is 7.82. The number of nitrogens with two attached hydrogens (primary N) is 1. The molecule has 170 valence electrons. The zero-order chi connectivity index (χ0) is 22.5. The highest BCUT2D eigenvalue weighted by Crippen LogP contribution is 2.44. The molecule has 1 aromatic carbocycles. The lowest BCUT2D eigenvalue weighted by Crippen LogP contribution is -2.58. The fourth-order valence-corrected chi connectivity index (χ4v) is 6.45. The van der Waals surface area contributed by atoms with Crippen LogP contribution in [-0.4, -0.2) is 48.0 Å². The minimum Gasteiger partial charge on any atom is -0.365 e. The van der Waals surface area contributed by atoms with Crippen molar-refractivity contribution >= 4 is 25.7 Å². The van der Waals surface area contributed by atoms with Gasteiger partial charge in [0, 0.05) is 0 Å². The Labute approximate surface area is 174 Å². The molecule has 1 aliphatic heterocycles. The number of anilines is 1. The number of sulfonamides is 2. The number of hydrogen-bond donors (Lipinski definition) is 3. The van der Waals surface area contributed by atoms with Crippen molar-refractivity contribution in [2.24, 2.45) is 11.1 Å². The molecular formula is C17H25F3N4O4S2. The number of fused-ring (bicyclic) bond motifs is 1. The molecular weight excluding hydrogens is 445 g/mol. The van der Waals surface area contributed by atoms with Crippen molar-refractivity contribution in [2.75, 3.05) is 26.0 Å². The molecule has 1 saturated carbocycles. The van der Waals surface area contributed by atoms with Gasteiger partial charge in [-0.3, -0.25) is 0 Å². The Kier molecular flexibility index (Phi) is 5.91. The number of primary sulfonamides is 1. The maximum absolute atomic E-state index is 13.5. The predicted octanol–water partition coefficient (Wildman–Crippen LogP) is 1.89. The molecule has 13 heteroatoms. The molecule has 30 heavy (non-hydrogen) atoms. The second-order valence-corrected chi connectivity index (χ2v) is 11.4. The van der Waals surface area contributed by atoms with Crippen LogP contribution in [0.4, 0.5) is 18.9 Å². The molecule has 8 nitrogen and oxygen atoms in total. The van der Waals surface area contributed by atoms with Crippen molar-refractivity contribution in [3.63, 3.8) is 0 Å². The molecule has 1 fully saturated rings. The van der Waals surface area contributed by atoms with Gasteiger partial charge in [0.25, 0.3) is 0 Å². The molecule has 0 saturated heterocycles. The minimum absolute atomic E-state index is 0.278. The zero-order valence-electron chi connectivity index (χ0n) is 16.6. The molecule has 3 rings (SSSR count). The van der Waals surface area contributed by atoms with Crippen molar-refractivity contribution in [2.45, 2.75) is 53.7 Å². The van der Waals surface area contributed by atoms with E-state index >= 15 is 0 Å². The number of benzene rings is 1. The molecule has 2 aliphatic rings. The minimum atomic E-state index is -5.02. The van der Waals surface area contributed by atoms with Crippen molar-refractivity contribution < 1.29 is 30.0 Å². The topological polar surface area (TPSA) is 122 Å². The van der Waals surface area contributed by atoms with Gasteiger partial charge < -0.3 is 10.2 Å². The van der Waals surface area contributed by atoms with Gasteiger partial charge in [-0.1, -0.05) is 0 Å². The van der Waals surface area contributed by atoms with Crippen LogP contribution in [-0.2, 0) is 26.2 Å². The van der Waals surface area contributed by atoms with Crippen LogP contribution in [0.3, 0.4) is 0 Å². The fourth-order valence-electron chi connectivity index (χ4n) is 4.06. The first-order chi connectivity index (χ1) is 13.6. The lowest BCUT2D eigenvalue weighted by Gasteiger charge is -2.45. The SMILES string of the molecule is CN(C)CCC1CCC2(CC1)Nc1cc(C(F)(F)F)c(S(N)(=O)=O)cc1S(=O)(=O)N2. The molecule has 1 aliphatic carbocycles. The third-order valence-electron chi connectivity index (χ3n) is 5.63. The van der Waals surface area contributed by atoms with Crippen molar-refractivity contribution in [1.82, 2.24) is 9.62 Å². The van der Waals surface area contributed by atoms with Gasteiger partial charge >= 0.3 is 6.18 Å². The highest BCUT2D eigenvalue weighted by Gasteiger charge is 2.46. The zero-order valence-corrected chi connectivity index (χ0v) is 18.2. The lowest BCUT2D eigenvalue weighted by molar-refractivity contribution is -0.139. The van der Waals surface area contributed by atoms with E-state index in [0.717, 1.165) is 13.0 Å². The van der Waals surface area contributed by atoms with E-state index in [1.165, 1.54) is 0 Å². The maximum Gasteiger partial charge on any atom is 0.417 e. The van der Waals surface area contributed by atoms with Crippen LogP contribution in [0.25, 0.3) is 0 Å². The van der Waals surface area contributed by atoms with E-state index < -0.39 is 47.2 Å². The number of halogens is 3. The molecule has 1 aromatic rings. The Morgan fingerprint density at radius 3 is 2.33 bits per heavy atom. The van der Waals surface area contributed by atoms with Crippen LogP contribution in [0.15, 0.2) is 21.9 Å². The maximum atomic E-state index is 13.5. The second-order valence-electron chi connectivity index (χ2n) is 8.24. The quantitative estimate of drug-likeness (QED) is 0.618. The Morgan fingerprint density at radius 1 is 1.23 bits per heavy atom. The molecule has 0 unspecified atom stereocenters. The molecule has 0 amide bonds. The average Bonchev–Trinajstić information content (AvgIpc) is 2.58. The Hall–Kier alpha value is -1.41. The number of nitrogens with one attached hydrogen (secondary N) is 2. The first-order valence-corrected chi connectivity index (χ1v) is 12.4. The molecule has 0 atom stereocenters. The van der Waals surface area contributed by atoms with Gasteiger partial charge in [-0.15, -0.1) is 0 Å². The molecule has 1 heterocycles. The summed E-state index contributed by atoms with van der Waals surface area (Å²) in [6, 6.07) is 0.992. The summed E-state index contributed by atoms with van der Waals surface area (Å²) in [7, 11) is -5.12. The van der Waals surface area contributed by atoms with Gasteiger partial charge in [0.2, 0.25) is 20.0 Å². The van der Waals surface area contributed by atoms with Crippen LogP contribution >= 0.6 is 0 Å². The van der Waals surface area contributed by atoms with Crippen molar-refractivity contribution in [1.29, 1.82) is 0 Å². The second kappa shape index (κ2) is 7.62. The lowest BCUT2D eigenvalue weighted by atomic mass is 9.80. The van der Waals surface area contributed by atoms with Gasteiger partial charge in [0.1, 0.15) is 10.6 Å². The molecule has 0 bridgehead atoms. The van der Waals surface area contributed by atoms with Crippen LogP contribution in [0.2, 0.25) is 0 Å². The van der Waals surface area contributed by atoms with Crippen molar-refractivity contribution in [3.8, 4) is 0 Å². The molecule has 0 aromatic heterocycles. The summed E-state index contributed by atoms with van der Waals surface area (Å²) in [5.41, 5.74) is -2.88. The number of rotatable bonds is 4. The van der Waals surface area contributed by atoms with E-state index in [1.54, 1.807) is 0 Å². The normalized spacial score (nSPS) is 26.4. The number of alkyl halides is 3. The average molecular weight is 471 g/mol. The van der Waals surface area contributed by atoms with Crippen molar-refractivity contribution in [3.05, 3.63) is 17.7 Å². The standard InChI is InChI=1S/C17H25F3N4O4S2/c1-24(2)8-5-11-3-6-16(7-4-11)22-13-9-12(17(18,19)20)14(29(21,25)26)10-15(13)30(27,28)23-16/h9-11,22-23H,3-8H2,1-2H3,(H2,21,25,26). The van der Waals surface area contributed by atoms with E-state index in [-0.39, 0.29) is 5.69 Å². The highest BCUT2D eigenvalue weighted by molar-refractivity contribution is 7.90. The predicted molar refractivity (Wildman–Crippen MR) is 105 cm³/mol. The molecule has 0 radical (unpaired) electrons. The number of nitrogens with zero attached hydrogens (tertiary/aromatic N) is 1. The summed E-state index contributed by atoms with van der Waals surface area (Å²) in [6.07, 6.45) is -1.85. The van der Waals surface area contributed by atoms with E-state index in [0.29, 0.717) is 43.7 Å². The van der Waals surface area contributed by atoms with Crippen LogP contribution in [0.1, 0.15) is 37.7 Å². The van der Waals surface area contributed by atoms with Crippen LogP contribution < -0.4 is 15.2 Å².